The van der Waals surface area contributed by atoms with Crippen LogP contribution in [-0.2, 0) is 11.2 Å². The molecular weight excluding hydrogens is 276 g/mol. The first-order valence-corrected chi connectivity index (χ1v) is 8.28. The van der Waals surface area contributed by atoms with E-state index in [-0.39, 0.29) is 17.4 Å². The van der Waals surface area contributed by atoms with Gasteiger partial charge in [0.25, 0.3) is 5.91 Å². The maximum atomic E-state index is 12.5. The Morgan fingerprint density at radius 2 is 2.14 bits per heavy atom. The van der Waals surface area contributed by atoms with E-state index in [1.807, 2.05) is 4.90 Å². The number of aromatic nitrogens is 1. The molecule has 0 spiro atoms. The topological polar surface area (TPSA) is 56.3 Å². The van der Waals surface area contributed by atoms with Crippen molar-refractivity contribution in [3.63, 3.8) is 0 Å². The number of aliphatic hydroxyl groups excluding tert-OH is 1. The van der Waals surface area contributed by atoms with Crippen LogP contribution >= 0.6 is 0 Å². The smallest absolute Gasteiger partial charge is 0.251 e. The molecule has 22 heavy (non-hydrogen) atoms. The second-order valence-electron chi connectivity index (χ2n) is 7.18. The van der Waals surface area contributed by atoms with Crippen LogP contribution in [0.3, 0.4) is 0 Å². The summed E-state index contributed by atoms with van der Waals surface area (Å²) >= 11 is 0. The first-order chi connectivity index (χ1) is 10.7. The van der Waals surface area contributed by atoms with E-state index in [1.165, 1.54) is 22.2 Å². The molecule has 2 aliphatic heterocycles. The van der Waals surface area contributed by atoms with Gasteiger partial charge in [0.05, 0.1) is 6.04 Å². The summed E-state index contributed by atoms with van der Waals surface area (Å²) in [6.07, 6.45) is 4.10. The highest BCUT2D eigenvalue weighted by Gasteiger charge is 2.56. The normalized spacial score (nSPS) is 33.7. The van der Waals surface area contributed by atoms with Crippen molar-refractivity contribution in [3.8, 4) is 0 Å². The van der Waals surface area contributed by atoms with E-state index in [1.54, 1.807) is 0 Å². The van der Waals surface area contributed by atoms with Crippen LogP contribution in [0.5, 0.6) is 0 Å². The number of aryl methyl sites for hydroxylation is 1. The number of aliphatic hydroxyl groups is 1. The van der Waals surface area contributed by atoms with Crippen molar-refractivity contribution in [2.45, 2.75) is 44.2 Å². The summed E-state index contributed by atoms with van der Waals surface area (Å²) in [5, 5.41) is 11.5. The van der Waals surface area contributed by atoms with E-state index in [0.29, 0.717) is 6.42 Å². The maximum absolute atomic E-state index is 12.5. The van der Waals surface area contributed by atoms with Crippen molar-refractivity contribution in [3.05, 3.63) is 35.5 Å². The third kappa shape index (κ3) is 1.44. The number of carbonyl (C=O) groups excluding carboxylic acids is 1. The van der Waals surface area contributed by atoms with Gasteiger partial charge in [0.2, 0.25) is 0 Å². The number of rotatable bonds is 0. The van der Waals surface area contributed by atoms with Crippen molar-refractivity contribution < 1.29 is 9.90 Å². The van der Waals surface area contributed by atoms with E-state index in [2.05, 4.69) is 29.2 Å². The Bertz CT molecular complexity index is 780. The van der Waals surface area contributed by atoms with Crippen molar-refractivity contribution in [1.82, 2.24) is 9.88 Å². The lowest BCUT2D eigenvalue weighted by atomic mass is 9.59. The Kier molecular flexibility index (Phi) is 2.39. The predicted octanol–water partition coefficient (Wildman–Crippen LogP) is 2.53. The third-order valence-corrected chi connectivity index (χ3v) is 6.11. The largest absolute Gasteiger partial charge is 0.383 e. The molecule has 0 saturated carbocycles. The zero-order valence-corrected chi connectivity index (χ0v) is 12.5. The molecule has 4 heteroatoms. The standard InChI is InChI=1S/C18H20N2O2/c21-14-10-18-7-3-9-20(17(14)22)16(18)15-11-4-1-2-5-12(11)19-13(15)6-8-18/h1-2,4-5,14,16,19,21H,3,6-10H2/t14-,16-,18-/m1/s1. The Morgan fingerprint density at radius 3 is 3.05 bits per heavy atom. The van der Waals surface area contributed by atoms with Crippen molar-refractivity contribution in [1.29, 1.82) is 0 Å². The van der Waals surface area contributed by atoms with Gasteiger partial charge in [-0.25, -0.2) is 0 Å². The molecule has 1 aliphatic carbocycles. The van der Waals surface area contributed by atoms with E-state index in [9.17, 15) is 9.90 Å². The number of nitrogens with zero attached hydrogens (tertiary/aromatic N) is 1. The van der Waals surface area contributed by atoms with Crippen LogP contribution in [0.25, 0.3) is 10.9 Å². The molecule has 1 amide bonds. The third-order valence-electron chi connectivity index (χ3n) is 6.11. The van der Waals surface area contributed by atoms with E-state index in [4.69, 9.17) is 0 Å². The fraction of sp³-hybridized carbons (Fsp3) is 0.500. The minimum atomic E-state index is -0.802. The average Bonchev–Trinajstić information content (AvgIpc) is 2.91. The number of carbonyl (C=O) groups is 1. The summed E-state index contributed by atoms with van der Waals surface area (Å²) in [7, 11) is 0. The minimum absolute atomic E-state index is 0.0709. The highest BCUT2D eigenvalue weighted by atomic mass is 16.3. The lowest BCUT2D eigenvalue weighted by molar-refractivity contribution is -0.166. The second-order valence-corrected chi connectivity index (χ2v) is 7.18. The van der Waals surface area contributed by atoms with E-state index >= 15 is 0 Å². The number of fused-ring (bicyclic) bond motifs is 3. The van der Waals surface area contributed by atoms with Gasteiger partial charge in [0.15, 0.2) is 0 Å². The highest BCUT2D eigenvalue weighted by Crippen LogP contribution is 2.58. The fourth-order valence-corrected chi connectivity index (χ4v) is 5.24. The molecule has 3 aliphatic rings. The zero-order valence-electron chi connectivity index (χ0n) is 12.5. The van der Waals surface area contributed by atoms with Crippen LogP contribution in [0.4, 0.5) is 0 Å². The number of benzene rings is 1. The molecule has 2 fully saturated rings. The monoisotopic (exact) mass is 296 g/mol. The van der Waals surface area contributed by atoms with Crippen molar-refractivity contribution >= 4 is 16.8 Å². The van der Waals surface area contributed by atoms with Crippen LogP contribution in [0.1, 0.15) is 43.0 Å². The molecule has 5 rings (SSSR count). The molecule has 2 aromatic rings. The number of piperidine rings is 2. The molecule has 0 unspecified atom stereocenters. The molecule has 1 aromatic carbocycles. The van der Waals surface area contributed by atoms with Gasteiger partial charge < -0.3 is 15.0 Å². The number of hydrogen-bond acceptors (Lipinski definition) is 2. The summed E-state index contributed by atoms with van der Waals surface area (Å²) in [6.45, 7) is 0.779. The van der Waals surface area contributed by atoms with E-state index in [0.717, 1.165) is 32.2 Å². The van der Waals surface area contributed by atoms with Crippen LogP contribution < -0.4 is 0 Å². The van der Waals surface area contributed by atoms with Crippen LogP contribution in [0.2, 0.25) is 0 Å². The van der Waals surface area contributed by atoms with Gasteiger partial charge in [-0.05, 0) is 43.6 Å². The Labute approximate surface area is 129 Å². The van der Waals surface area contributed by atoms with Gasteiger partial charge in [-0.1, -0.05) is 18.2 Å². The number of para-hydroxylation sites is 1. The molecule has 1 aromatic heterocycles. The van der Waals surface area contributed by atoms with Gasteiger partial charge in [-0.2, -0.15) is 0 Å². The van der Waals surface area contributed by atoms with Crippen LogP contribution in [0.15, 0.2) is 24.3 Å². The van der Waals surface area contributed by atoms with Crippen LogP contribution in [-0.4, -0.2) is 33.5 Å². The molecule has 0 radical (unpaired) electrons. The van der Waals surface area contributed by atoms with Crippen LogP contribution in [0, 0.1) is 5.41 Å². The Morgan fingerprint density at radius 1 is 1.27 bits per heavy atom. The lowest BCUT2D eigenvalue weighted by Gasteiger charge is -2.57. The van der Waals surface area contributed by atoms with Gasteiger partial charge in [0.1, 0.15) is 6.10 Å². The number of H-pyrrole nitrogens is 1. The summed E-state index contributed by atoms with van der Waals surface area (Å²) in [4.78, 5) is 18.0. The SMILES string of the molecule is O=C1[C@H](O)C[C@]23CCCN1[C@@H]2c1c([nH]c2ccccc12)CC3. The average molecular weight is 296 g/mol. The van der Waals surface area contributed by atoms with Gasteiger partial charge in [-0.3, -0.25) is 4.79 Å². The van der Waals surface area contributed by atoms with Gasteiger partial charge >= 0.3 is 0 Å². The quantitative estimate of drug-likeness (QED) is 0.785. The Hall–Kier alpha value is -1.81. The predicted molar refractivity (Wildman–Crippen MR) is 83.4 cm³/mol. The number of nitrogens with one attached hydrogen (secondary N) is 1. The summed E-state index contributed by atoms with van der Waals surface area (Å²) in [5.74, 6) is -0.0709. The molecule has 4 nitrogen and oxygen atoms in total. The molecule has 3 heterocycles. The summed E-state index contributed by atoms with van der Waals surface area (Å²) in [5.41, 5.74) is 3.85. The number of amides is 1. The number of hydrogen-bond donors (Lipinski definition) is 2. The lowest BCUT2D eigenvalue weighted by Crippen LogP contribution is -2.59. The fourth-order valence-electron chi connectivity index (χ4n) is 5.24. The summed E-state index contributed by atoms with van der Waals surface area (Å²) in [6, 6.07) is 8.55. The minimum Gasteiger partial charge on any atom is -0.383 e. The Balaban J connectivity index is 1.77. The van der Waals surface area contributed by atoms with Crippen molar-refractivity contribution in [2.24, 2.45) is 5.41 Å². The molecule has 114 valence electrons. The maximum Gasteiger partial charge on any atom is 0.251 e. The highest BCUT2D eigenvalue weighted by molar-refractivity contribution is 5.88. The van der Waals surface area contributed by atoms with Gasteiger partial charge in [-0.15, -0.1) is 0 Å². The zero-order chi connectivity index (χ0) is 14.9. The molecule has 2 saturated heterocycles. The van der Waals surface area contributed by atoms with Gasteiger partial charge in [0, 0.05) is 28.7 Å². The first kappa shape index (κ1) is 12.7. The molecular formula is C18H20N2O2. The summed E-state index contributed by atoms with van der Waals surface area (Å²) < 4.78 is 0. The number of aromatic amines is 1. The second kappa shape index (κ2) is 4.13. The molecule has 2 bridgehead atoms. The van der Waals surface area contributed by atoms with E-state index < -0.39 is 6.10 Å². The molecule has 2 N–H and O–H groups in total. The van der Waals surface area contributed by atoms with Crippen molar-refractivity contribution in [2.75, 3.05) is 6.54 Å². The molecule has 3 atom stereocenters. The first-order valence-electron chi connectivity index (χ1n) is 8.28.